The molecule has 0 aliphatic heterocycles. The second-order valence-electron chi connectivity index (χ2n) is 5.18. The van der Waals surface area contributed by atoms with Crippen molar-refractivity contribution in [2.75, 3.05) is 0 Å². The number of aryl methyl sites for hydroxylation is 1. The third kappa shape index (κ3) is 2.95. The molecular weight excluding hydrogens is 324 g/mol. The summed E-state index contributed by atoms with van der Waals surface area (Å²) in [5.74, 6) is 1.61. The van der Waals surface area contributed by atoms with Gasteiger partial charge in [0.2, 0.25) is 11.6 Å². The SMILES string of the molecule is CCc1ccc(-c2nnn(Cc3nc(-c4cccs4)no3)n2)cc1. The molecule has 8 heteroatoms. The molecule has 7 nitrogen and oxygen atoms in total. The summed E-state index contributed by atoms with van der Waals surface area (Å²) in [5, 5.41) is 18.5. The first kappa shape index (κ1) is 14.7. The van der Waals surface area contributed by atoms with E-state index in [2.05, 4.69) is 44.6 Å². The normalized spacial score (nSPS) is 11.0. The van der Waals surface area contributed by atoms with Gasteiger partial charge in [-0.1, -0.05) is 42.4 Å². The minimum absolute atomic E-state index is 0.290. The van der Waals surface area contributed by atoms with Crippen LogP contribution in [0.1, 0.15) is 18.4 Å². The Labute approximate surface area is 142 Å². The van der Waals surface area contributed by atoms with Gasteiger partial charge in [-0.2, -0.15) is 9.78 Å². The predicted molar refractivity (Wildman–Crippen MR) is 89.3 cm³/mol. The summed E-state index contributed by atoms with van der Waals surface area (Å²) < 4.78 is 5.25. The maximum absolute atomic E-state index is 5.25. The summed E-state index contributed by atoms with van der Waals surface area (Å²) in [5.41, 5.74) is 2.21. The zero-order valence-electron chi connectivity index (χ0n) is 13.0. The topological polar surface area (TPSA) is 82.5 Å². The summed E-state index contributed by atoms with van der Waals surface area (Å²) in [7, 11) is 0. The molecule has 120 valence electrons. The molecule has 0 bridgehead atoms. The van der Waals surface area contributed by atoms with E-state index in [0.29, 0.717) is 24.1 Å². The molecule has 0 saturated heterocycles. The van der Waals surface area contributed by atoms with Crippen LogP contribution in [0, 0.1) is 0 Å². The molecule has 0 fully saturated rings. The van der Waals surface area contributed by atoms with Gasteiger partial charge in [0, 0.05) is 5.56 Å². The van der Waals surface area contributed by atoms with Gasteiger partial charge in [-0.05, 0) is 28.6 Å². The van der Waals surface area contributed by atoms with Gasteiger partial charge in [0.15, 0.2) is 0 Å². The summed E-state index contributed by atoms with van der Waals surface area (Å²) in [6.45, 7) is 2.41. The van der Waals surface area contributed by atoms with Crippen molar-refractivity contribution in [3.63, 3.8) is 0 Å². The van der Waals surface area contributed by atoms with E-state index in [-0.39, 0.29) is 0 Å². The Morgan fingerprint density at radius 2 is 2.00 bits per heavy atom. The van der Waals surface area contributed by atoms with Crippen LogP contribution in [0.4, 0.5) is 0 Å². The minimum atomic E-state index is 0.290. The van der Waals surface area contributed by atoms with E-state index in [4.69, 9.17) is 4.52 Å². The Kier molecular flexibility index (Phi) is 3.87. The average molecular weight is 338 g/mol. The van der Waals surface area contributed by atoms with Crippen LogP contribution in [-0.2, 0) is 13.0 Å². The number of benzene rings is 1. The van der Waals surface area contributed by atoms with Crippen molar-refractivity contribution in [2.24, 2.45) is 0 Å². The second kappa shape index (κ2) is 6.32. The molecule has 0 atom stereocenters. The summed E-state index contributed by atoms with van der Waals surface area (Å²) in [6.07, 6.45) is 1.00. The van der Waals surface area contributed by atoms with Crippen LogP contribution in [-0.4, -0.2) is 30.3 Å². The highest BCUT2D eigenvalue weighted by Gasteiger charge is 2.12. The Bertz CT molecular complexity index is 926. The Balaban J connectivity index is 1.50. The van der Waals surface area contributed by atoms with Crippen molar-refractivity contribution in [3.8, 4) is 22.1 Å². The molecular formula is C16H14N6OS. The van der Waals surface area contributed by atoms with E-state index >= 15 is 0 Å². The lowest BCUT2D eigenvalue weighted by molar-refractivity contribution is 0.356. The molecule has 0 radical (unpaired) electrons. The molecule has 0 unspecified atom stereocenters. The van der Waals surface area contributed by atoms with E-state index in [9.17, 15) is 0 Å². The number of hydrogen-bond acceptors (Lipinski definition) is 7. The van der Waals surface area contributed by atoms with Crippen LogP contribution >= 0.6 is 11.3 Å². The van der Waals surface area contributed by atoms with Gasteiger partial charge in [-0.25, -0.2) is 0 Å². The molecule has 3 heterocycles. The molecule has 0 aliphatic rings. The molecule has 3 aromatic heterocycles. The van der Waals surface area contributed by atoms with Gasteiger partial charge in [0.25, 0.3) is 5.89 Å². The molecule has 0 saturated carbocycles. The van der Waals surface area contributed by atoms with Gasteiger partial charge >= 0.3 is 0 Å². The maximum atomic E-state index is 5.25. The highest BCUT2D eigenvalue weighted by atomic mass is 32.1. The van der Waals surface area contributed by atoms with E-state index in [1.54, 1.807) is 11.3 Å². The number of nitrogens with zero attached hydrogens (tertiary/aromatic N) is 6. The number of rotatable bonds is 5. The van der Waals surface area contributed by atoms with Crippen molar-refractivity contribution in [1.82, 2.24) is 30.3 Å². The van der Waals surface area contributed by atoms with Crippen molar-refractivity contribution >= 4 is 11.3 Å². The van der Waals surface area contributed by atoms with E-state index in [0.717, 1.165) is 16.9 Å². The van der Waals surface area contributed by atoms with E-state index in [1.165, 1.54) is 10.4 Å². The van der Waals surface area contributed by atoms with Gasteiger partial charge in [0.1, 0.15) is 6.54 Å². The van der Waals surface area contributed by atoms with Crippen LogP contribution in [0.2, 0.25) is 0 Å². The fourth-order valence-corrected chi connectivity index (χ4v) is 2.91. The fraction of sp³-hybridized carbons (Fsp3) is 0.188. The first-order valence-electron chi connectivity index (χ1n) is 7.55. The molecule has 0 N–H and O–H groups in total. The standard InChI is InChI=1S/C16H14N6OS/c1-2-11-5-7-12(8-6-11)15-18-21-22(19-15)10-14-17-16(20-23-14)13-4-3-9-24-13/h3-9H,2,10H2,1H3. The van der Waals surface area contributed by atoms with Gasteiger partial charge < -0.3 is 4.52 Å². The molecule has 0 aliphatic carbocycles. The van der Waals surface area contributed by atoms with E-state index < -0.39 is 0 Å². The predicted octanol–water partition coefficient (Wildman–Crippen LogP) is 3.06. The fourth-order valence-electron chi connectivity index (χ4n) is 2.26. The lowest BCUT2D eigenvalue weighted by Gasteiger charge is -1.97. The lowest BCUT2D eigenvalue weighted by atomic mass is 10.1. The first-order chi connectivity index (χ1) is 11.8. The van der Waals surface area contributed by atoms with Crippen molar-refractivity contribution in [2.45, 2.75) is 19.9 Å². The summed E-state index contributed by atoms with van der Waals surface area (Å²) >= 11 is 1.56. The maximum Gasteiger partial charge on any atom is 0.250 e. The first-order valence-corrected chi connectivity index (χ1v) is 8.43. The largest absolute Gasteiger partial charge is 0.337 e. The number of thiophene rings is 1. The summed E-state index contributed by atoms with van der Waals surface area (Å²) in [4.78, 5) is 6.78. The third-order valence-corrected chi connectivity index (χ3v) is 4.43. The van der Waals surface area contributed by atoms with Crippen LogP contribution in [0.3, 0.4) is 0 Å². The number of tetrazole rings is 1. The van der Waals surface area contributed by atoms with Crippen molar-refractivity contribution < 1.29 is 4.52 Å². The highest BCUT2D eigenvalue weighted by Crippen LogP contribution is 2.21. The number of aromatic nitrogens is 6. The van der Waals surface area contributed by atoms with Crippen molar-refractivity contribution in [1.29, 1.82) is 0 Å². The lowest BCUT2D eigenvalue weighted by Crippen LogP contribution is -2.04. The summed E-state index contributed by atoms with van der Waals surface area (Å²) in [6, 6.07) is 12.0. The van der Waals surface area contributed by atoms with E-state index in [1.807, 2.05) is 29.6 Å². The smallest absolute Gasteiger partial charge is 0.250 e. The van der Waals surface area contributed by atoms with Crippen molar-refractivity contribution in [3.05, 3.63) is 53.2 Å². The van der Waals surface area contributed by atoms with Gasteiger partial charge in [-0.3, -0.25) is 0 Å². The zero-order valence-corrected chi connectivity index (χ0v) is 13.8. The Morgan fingerprint density at radius 3 is 2.75 bits per heavy atom. The molecule has 1 aromatic carbocycles. The average Bonchev–Trinajstić information content (AvgIpc) is 3.37. The quantitative estimate of drug-likeness (QED) is 0.556. The molecule has 0 amide bonds. The second-order valence-corrected chi connectivity index (χ2v) is 6.13. The van der Waals surface area contributed by atoms with Gasteiger partial charge in [0.05, 0.1) is 4.88 Å². The Morgan fingerprint density at radius 1 is 1.12 bits per heavy atom. The van der Waals surface area contributed by atoms with Gasteiger partial charge in [-0.15, -0.1) is 21.5 Å². The van der Waals surface area contributed by atoms with Crippen LogP contribution in [0.25, 0.3) is 22.1 Å². The molecule has 4 rings (SSSR count). The Hall–Kier alpha value is -2.87. The molecule has 4 aromatic rings. The zero-order chi connectivity index (χ0) is 16.4. The third-order valence-electron chi connectivity index (χ3n) is 3.56. The molecule has 24 heavy (non-hydrogen) atoms. The van der Waals surface area contributed by atoms with Crippen LogP contribution in [0.5, 0.6) is 0 Å². The molecule has 0 spiro atoms. The highest BCUT2D eigenvalue weighted by molar-refractivity contribution is 7.13. The van der Waals surface area contributed by atoms with Crippen LogP contribution in [0.15, 0.2) is 46.3 Å². The number of hydrogen-bond donors (Lipinski definition) is 0. The minimum Gasteiger partial charge on any atom is -0.337 e. The van der Waals surface area contributed by atoms with Crippen LogP contribution < -0.4 is 0 Å². The monoisotopic (exact) mass is 338 g/mol.